The van der Waals surface area contributed by atoms with Crippen LogP contribution in [0.5, 0.6) is 0 Å². The van der Waals surface area contributed by atoms with E-state index in [0.717, 1.165) is 48.4 Å². The molecule has 0 saturated carbocycles. The van der Waals surface area contributed by atoms with Crippen LogP contribution in [0, 0.1) is 6.92 Å². The normalized spacial score (nSPS) is 18.2. The number of rotatable bonds is 3. The molecule has 0 unspecified atom stereocenters. The number of amides is 1. The Morgan fingerprint density at radius 1 is 1.38 bits per heavy atom. The monoisotopic (exact) mass is 340 g/mol. The van der Waals surface area contributed by atoms with Crippen LogP contribution in [-0.2, 0) is 11.2 Å². The zero-order valence-corrected chi connectivity index (χ0v) is 14.5. The summed E-state index contributed by atoms with van der Waals surface area (Å²) in [4.78, 5) is 19.6. The molecule has 0 N–H and O–H groups in total. The number of hydrogen-bond donors (Lipinski definition) is 0. The molecule has 124 valence electrons. The Balaban J connectivity index is 1.64. The number of hydrogen-bond acceptors (Lipinski definition) is 4. The SMILES string of the molecule is Cc1cc([C@H]2CCCCN2C(=O)Cc2ccsc2)nc2ccnn12. The van der Waals surface area contributed by atoms with Gasteiger partial charge in [0.1, 0.15) is 0 Å². The van der Waals surface area contributed by atoms with Crippen LogP contribution < -0.4 is 0 Å². The number of carbonyl (C=O) groups is 1. The van der Waals surface area contributed by atoms with Crippen LogP contribution >= 0.6 is 11.3 Å². The van der Waals surface area contributed by atoms with Gasteiger partial charge in [0.15, 0.2) is 5.65 Å². The maximum Gasteiger partial charge on any atom is 0.227 e. The highest BCUT2D eigenvalue weighted by Gasteiger charge is 2.29. The molecule has 4 heterocycles. The van der Waals surface area contributed by atoms with Crippen LogP contribution in [0.3, 0.4) is 0 Å². The van der Waals surface area contributed by atoms with Crippen molar-refractivity contribution < 1.29 is 4.79 Å². The molecule has 1 fully saturated rings. The predicted molar refractivity (Wildman–Crippen MR) is 94.1 cm³/mol. The van der Waals surface area contributed by atoms with E-state index in [0.29, 0.717) is 6.42 Å². The van der Waals surface area contributed by atoms with Crippen LogP contribution in [0.4, 0.5) is 0 Å². The lowest BCUT2D eigenvalue weighted by Gasteiger charge is -2.35. The van der Waals surface area contributed by atoms with E-state index in [2.05, 4.69) is 16.5 Å². The topological polar surface area (TPSA) is 50.5 Å². The first-order valence-corrected chi connectivity index (χ1v) is 9.28. The van der Waals surface area contributed by atoms with E-state index in [1.807, 2.05) is 33.9 Å². The van der Waals surface area contributed by atoms with E-state index < -0.39 is 0 Å². The molecule has 0 radical (unpaired) electrons. The van der Waals surface area contributed by atoms with Crippen molar-refractivity contribution in [3.63, 3.8) is 0 Å². The standard InChI is InChI=1S/C18H20N4OS/c1-13-10-15(20-17-5-7-19-22(13)17)16-4-2-3-8-21(16)18(23)11-14-6-9-24-12-14/h5-7,9-10,12,16H,2-4,8,11H2,1H3/t16-/m1/s1. The first kappa shape index (κ1) is 15.3. The Morgan fingerprint density at radius 3 is 3.12 bits per heavy atom. The van der Waals surface area contributed by atoms with Gasteiger partial charge in [-0.05, 0) is 54.6 Å². The molecule has 0 aliphatic carbocycles. The summed E-state index contributed by atoms with van der Waals surface area (Å²) in [5.41, 5.74) is 3.99. The first-order valence-electron chi connectivity index (χ1n) is 8.34. The number of aryl methyl sites for hydroxylation is 1. The number of aromatic nitrogens is 3. The summed E-state index contributed by atoms with van der Waals surface area (Å²) in [6, 6.07) is 6.09. The van der Waals surface area contributed by atoms with E-state index in [1.54, 1.807) is 17.5 Å². The fraction of sp³-hybridized carbons (Fsp3) is 0.389. The smallest absolute Gasteiger partial charge is 0.227 e. The highest BCUT2D eigenvalue weighted by molar-refractivity contribution is 7.08. The second-order valence-electron chi connectivity index (χ2n) is 6.33. The van der Waals surface area contributed by atoms with E-state index in [9.17, 15) is 4.79 Å². The highest BCUT2D eigenvalue weighted by atomic mass is 32.1. The fourth-order valence-electron chi connectivity index (χ4n) is 3.47. The van der Waals surface area contributed by atoms with Gasteiger partial charge in [0, 0.05) is 18.3 Å². The number of likely N-dealkylation sites (tertiary alicyclic amines) is 1. The third-order valence-electron chi connectivity index (χ3n) is 4.66. The molecule has 1 aliphatic heterocycles. The summed E-state index contributed by atoms with van der Waals surface area (Å²) in [7, 11) is 0. The molecule has 0 aromatic carbocycles. The number of nitrogens with zero attached hydrogens (tertiary/aromatic N) is 4. The van der Waals surface area contributed by atoms with E-state index in [-0.39, 0.29) is 11.9 Å². The van der Waals surface area contributed by atoms with Crippen molar-refractivity contribution in [3.05, 3.63) is 52.1 Å². The minimum Gasteiger partial charge on any atom is -0.334 e. The minimum absolute atomic E-state index is 0.0727. The van der Waals surface area contributed by atoms with Gasteiger partial charge in [-0.25, -0.2) is 9.50 Å². The summed E-state index contributed by atoms with van der Waals surface area (Å²) >= 11 is 1.64. The van der Waals surface area contributed by atoms with Gasteiger partial charge >= 0.3 is 0 Å². The summed E-state index contributed by atoms with van der Waals surface area (Å²) < 4.78 is 1.84. The zero-order chi connectivity index (χ0) is 16.5. The van der Waals surface area contributed by atoms with Gasteiger partial charge in [-0.1, -0.05) is 0 Å². The molecule has 1 amide bonds. The lowest BCUT2D eigenvalue weighted by atomic mass is 9.97. The van der Waals surface area contributed by atoms with Gasteiger partial charge < -0.3 is 4.90 Å². The third-order valence-corrected chi connectivity index (χ3v) is 5.39. The largest absolute Gasteiger partial charge is 0.334 e. The average molecular weight is 340 g/mol. The van der Waals surface area contributed by atoms with Gasteiger partial charge in [0.05, 0.1) is 24.4 Å². The van der Waals surface area contributed by atoms with Crippen molar-refractivity contribution in [2.75, 3.05) is 6.54 Å². The minimum atomic E-state index is 0.0727. The van der Waals surface area contributed by atoms with Gasteiger partial charge in [0.2, 0.25) is 5.91 Å². The van der Waals surface area contributed by atoms with Crippen molar-refractivity contribution in [1.29, 1.82) is 0 Å². The molecule has 3 aromatic heterocycles. The van der Waals surface area contributed by atoms with Crippen molar-refractivity contribution in [3.8, 4) is 0 Å². The number of thiophene rings is 1. The molecule has 4 rings (SSSR count). The Labute approximate surface area is 144 Å². The van der Waals surface area contributed by atoms with Crippen LogP contribution in [-0.4, -0.2) is 31.9 Å². The average Bonchev–Trinajstić information content (AvgIpc) is 3.26. The van der Waals surface area contributed by atoms with Crippen LogP contribution in [0.1, 0.15) is 42.3 Å². The van der Waals surface area contributed by atoms with Gasteiger partial charge in [-0.15, -0.1) is 0 Å². The Hall–Kier alpha value is -2.21. The predicted octanol–water partition coefficient (Wildman–Crippen LogP) is 3.40. The molecule has 0 spiro atoms. The molecule has 6 heteroatoms. The van der Waals surface area contributed by atoms with Crippen LogP contribution in [0.2, 0.25) is 0 Å². The maximum atomic E-state index is 12.8. The zero-order valence-electron chi connectivity index (χ0n) is 13.7. The summed E-state index contributed by atoms with van der Waals surface area (Å²) in [5, 5.41) is 8.36. The highest BCUT2D eigenvalue weighted by Crippen LogP contribution is 2.31. The van der Waals surface area contributed by atoms with Crippen molar-refractivity contribution in [2.24, 2.45) is 0 Å². The van der Waals surface area contributed by atoms with Gasteiger partial charge in [0.25, 0.3) is 0 Å². The first-order chi connectivity index (χ1) is 11.7. The van der Waals surface area contributed by atoms with Crippen molar-refractivity contribution >= 4 is 22.9 Å². The molecule has 1 atom stereocenters. The summed E-state index contributed by atoms with van der Waals surface area (Å²) in [6.07, 6.45) is 5.43. The molecular formula is C18H20N4OS. The van der Waals surface area contributed by atoms with Gasteiger partial charge in [-0.2, -0.15) is 16.4 Å². The van der Waals surface area contributed by atoms with Crippen LogP contribution in [0.15, 0.2) is 35.2 Å². The number of piperidine rings is 1. The Morgan fingerprint density at radius 2 is 2.29 bits per heavy atom. The van der Waals surface area contributed by atoms with Crippen LogP contribution in [0.25, 0.3) is 5.65 Å². The summed E-state index contributed by atoms with van der Waals surface area (Å²) in [5.74, 6) is 0.200. The quantitative estimate of drug-likeness (QED) is 0.734. The Kier molecular flexibility index (Phi) is 4.06. The number of fused-ring (bicyclic) bond motifs is 1. The molecule has 0 bridgehead atoms. The van der Waals surface area contributed by atoms with E-state index >= 15 is 0 Å². The molecule has 5 nitrogen and oxygen atoms in total. The number of carbonyl (C=O) groups excluding carboxylic acids is 1. The fourth-order valence-corrected chi connectivity index (χ4v) is 4.14. The molecule has 3 aromatic rings. The third kappa shape index (κ3) is 2.82. The van der Waals surface area contributed by atoms with Gasteiger partial charge in [-0.3, -0.25) is 4.79 Å². The second-order valence-corrected chi connectivity index (χ2v) is 7.11. The molecule has 1 aliphatic rings. The van der Waals surface area contributed by atoms with E-state index in [1.165, 1.54) is 0 Å². The van der Waals surface area contributed by atoms with Crippen molar-refractivity contribution in [2.45, 2.75) is 38.6 Å². The summed E-state index contributed by atoms with van der Waals surface area (Å²) in [6.45, 7) is 2.85. The van der Waals surface area contributed by atoms with Crippen molar-refractivity contribution in [1.82, 2.24) is 19.5 Å². The lowest BCUT2D eigenvalue weighted by molar-refractivity contribution is -0.134. The molecule has 1 saturated heterocycles. The molecular weight excluding hydrogens is 320 g/mol. The lowest BCUT2D eigenvalue weighted by Crippen LogP contribution is -2.39. The molecule has 24 heavy (non-hydrogen) atoms. The Bertz CT molecular complexity index is 855. The maximum absolute atomic E-state index is 12.8. The van der Waals surface area contributed by atoms with E-state index in [4.69, 9.17) is 4.98 Å². The second kappa shape index (κ2) is 6.36.